The first-order valence-corrected chi connectivity index (χ1v) is 10.1. The van der Waals surface area contributed by atoms with Crippen molar-refractivity contribution >= 4 is 17.7 Å². The van der Waals surface area contributed by atoms with Gasteiger partial charge in [0.05, 0.1) is 17.4 Å². The minimum Gasteiger partial charge on any atom is -0.444 e. The number of rotatable bonds is 1. The fourth-order valence-corrected chi connectivity index (χ4v) is 3.43. The van der Waals surface area contributed by atoms with E-state index in [0.29, 0.717) is 11.4 Å². The second-order valence-corrected chi connectivity index (χ2v) is 8.55. The van der Waals surface area contributed by atoms with E-state index in [2.05, 4.69) is 15.6 Å². The summed E-state index contributed by atoms with van der Waals surface area (Å²) in [4.78, 5) is 29.5. The Hall–Kier alpha value is -2.89. The Balaban J connectivity index is 1.97. The molecular formula is C23H29N3O3. The third kappa shape index (κ3) is 5.56. The van der Waals surface area contributed by atoms with Gasteiger partial charge in [-0.25, -0.2) is 4.79 Å². The predicted molar refractivity (Wildman–Crippen MR) is 113 cm³/mol. The summed E-state index contributed by atoms with van der Waals surface area (Å²) in [5, 5.41) is 6.02. The number of fused-ring (bicyclic) bond motifs is 4. The summed E-state index contributed by atoms with van der Waals surface area (Å²) in [5.41, 5.74) is 2.73. The molecule has 1 aromatic carbocycles. The maximum absolute atomic E-state index is 12.6. The molecule has 0 spiro atoms. The van der Waals surface area contributed by atoms with Crippen LogP contribution in [0.25, 0.3) is 11.3 Å². The third-order valence-electron chi connectivity index (χ3n) is 4.90. The van der Waals surface area contributed by atoms with Gasteiger partial charge in [-0.3, -0.25) is 9.78 Å². The molecule has 0 fully saturated rings. The number of hydrogen-bond donors (Lipinski definition) is 2. The number of nitrogens with one attached hydrogen (secondary N) is 2. The molecule has 0 saturated heterocycles. The summed E-state index contributed by atoms with van der Waals surface area (Å²) in [6.45, 7) is 7.46. The van der Waals surface area contributed by atoms with Gasteiger partial charge in [-0.2, -0.15) is 0 Å². The smallest absolute Gasteiger partial charge is 0.408 e. The van der Waals surface area contributed by atoms with Gasteiger partial charge in [0.1, 0.15) is 5.60 Å². The fraction of sp³-hybridized carbons (Fsp3) is 0.435. The molecule has 1 aromatic heterocycles. The van der Waals surface area contributed by atoms with Gasteiger partial charge in [-0.1, -0.05) is 31.5 Å². The summed E-state index contributed by atoms with van der Waals surface area (Å²) in [6.07, 6.45) is 3.52. The van der Waals surface area contributed by atoms with E-state index < -0.39 is 11.7 Å². The Bertz CT molecular complexity index is 889. The Morgan fingerprint density at radius 3 is 2.76 bits per heavy atom. The van der Waals surface area contributed by atoms with Gasteiger partial charge in [0.2, 0.25) is 5.91 Å². The molecule has 0 aliphatic carbocycles. The van der Waals surface area contributed by atoms with Crippen molar-refractivity contribution in [3.63, 3.8) is 0 Å². The predicted octanol–water partition coefficient (Wildman–Crippen LogP) is 5.07. The molecule has 0 unspecified atom stereocenters. The number of anilines is 1. The second kappa shape index (κ2) is 8.64. The van der Waals surface area contributed by atoms with Crippen LogP contribution in [0.15, 0.2) is 42.6 Å². The van der Waals surface area contributed by atoms with E-state index in [0.717, 1.165) is 30.4 Å². The first-order chi connectivity index (χ1) is 13.7. The molecule has 2 aromatic rings. The number of amides is 2. The monoisotopic (exact) mass is 395 g/mol. The lowest BCUT2D eigenvalue weighted by Crippen LogP contribution is -2.35. The average Bonchev–Trinajstić information content (AvgIpc) is 2.65. The molecule has 1 aliphatic heterocycles. The lowest BCUT2D eigenvalue weighted by Gasteiger charge is -2.25. The molecule has 2 atom stereocenters. The van der Waals surface area contributed by atoms with Crippen LogP contribution in [-0.4, -0.2) is 22.6 Å². The molecular weight excluding hydrogens is 366 g/mol. The number of carbonyl (C=O) groups is 2. The van der Waals surface area contributed by atoms with Crippen molar-refractivity contribution in [3.05, 3.63) is 48.2 Å². The molecule has 29 heavy (non-hydrogen) atoms. The van der Waals surface area contributed by atoms with E-state index in [1.807, 2.05) is 64.1 Å². The van der Waals surface area contributed by atoms with Gasteiger partial charge in [0.15, 0.2) is 0 Å². The van der Waals surface area contributed by atoms with E-state index in [1.54, 1.807) is 6.20 Å². The van der Waals surface area contributed by atoms with E-state index >= 15 is 0 Å². The zero-order valence-electron chi connectivity index (χ0n) is 17.5. The molecule has 2 N–H and O–H groups in total. The van der Waals surface area contributed by atoms with Crippen molar-refractivity contribution < 1.29 is 14.3 Å². The number of nitrogens with zero attached hydrogens (tertiary/aromatic N) is 1. The highest BCUT2D eigenvalue weighted by Gasteiger charge is 2.23. The maximum atomic E-state index is 12.6. The standard InChI is InChI=1S/C23H29N3O3/c1-15-8-5-11-18(26-22(28)29-23(2,3)4)16-9-6-10-17(14-16)20-19(25-21(15)27)12-7-13-24-20/h6-7,9-10,12-15,18H,5,8,11H2,1-4H3,(H,25,27)(H,26,28)/t15-,18+/m1/s1. The Morgan fingerprint density at radius 2 is 2.00 bits per heavy atom. The normalized spacial score (nSPS) is 19.8. The summed E-state index contributed by atoms with van der Waals surface area (Å²) >= 11 is 0. The first-order valence-electron chi connectivity index (χ1n) is 10.1. The molecule has 6 heteroatoms. The van der Waals surface area contributed by atoms with Crippen molar-refractivity contribution in [1.29, 1.82) is 0 Å². The molecule has 0 saturated carbocycles. The average molecular weight is 396 g/mol. The minimum absolute atomic E-state index is 0.0207. The molecule has 2 bridgehead atoms. The van der Waals surface area contributed by atoms with Gasteiger partial charge in [-0.15, -0.1) is 0 Å². The topological polar surface area (TPSA) is 80.3 Å². The second-order valence-electron chi connectivity index (χ2n) is 8.55. The first kappa shape index (κ1) is 20.8. The molecule has 3 rings (SSSR count). The van der Waals surface area contributed by atoms with Gasteiger partial charge >= 0.3 is 6.09 Å². The number of ether oxygens (including phenoxy) is 1. The van der Waals surface area contributed by atoms with Crippen molar-refractivity contribution in [3.8, 4) is 11.3 Å². The molecule has 1 aliphatic rings. The van der Waals surface area contributed by atoms with E-state index in [-0.39, 0.29) is 17.9 Å². The van der Waals surface area contributed by atoms with Crippen LogP contribution in [0.1, 0.15) is 58.6 Å². The van der Waals surface area contributed by atoms with Gasteiger partial charge in [0, 0.05) is 17.7 Å². The minimum atomic E-state index is -0.563. The maximum Gasteiger partial charge on any atom is 0.408 e. The molecule has 2 heterocycles. The zero-order valence-corrected chi connectivity index (χ0v) is 17.5. The SMILES string of the molecule is C[C@@H]1CCC[C@H](NC(=O)OC(C)(C)C)c2cccc(c2)-c2ncccc2NC1=O. The van der Waals surface area contributed by atoms with Crippen LogP contribution in [0.5, 0.6) is 0 Å². The summed E-state index contributed by atoms with van der Waals surface area (Å²) in [5.74, 6) is -0.157. The summed E-state index contributed by atoms with van der Waals surface area (Å²) in [7, 11) is 0. The number of aromatic nitrogens is 1. The van der Waals surface area contributed by atoms with E-state index in [9.17, 15) is 9.59 Å². The Morgan fingerprint density at radius 1 is 1.21 bits per heavy atom. The van der Waals surface area contributed by atoms with Crippen LogP contribution >= 0.6 is 0 Å². The molecule has 0 radical (unpaired) electrons. The fourth-order valence-electron chi connectivity index (χ4n) is 3.43. The van der Waals surface area contributed by atoms with Crippen LogP contribution in [0.2, 0.25) is 0 Å². The number of benzene rings is 1. The zero-order chi connectivity index (χ0) is 21.0. The van der Waals surface area contributed by atoms with Crippen molar-refractivity contribution in [2.75, 3.05) is 5.32 Å². The number of alkyl carbamates (subject to hydrolysis) is 1. The summed E-state index contributed by atoms with van der Waals surface area (Å²) in [6, 6.07) is 11.4. The van der Waals surface area contributed by atoms with Gasteiger partial charge in [-0.05, 0) is 57.4 Å². The van der Waals surface area contributed by atoms with Crippen molar-refractivity contribution in [2.45, 2.75) is 58.6 Å². The van der Waals surface area contributed by atoms with E-state index in [4.69, 9.17) is 4.74 Å². The van der Waals surface area contributed by atoms with Crippen LogP contribution in [0, 0.1) is 5.92 Å². The van der Waals surface area contributed by atoms with Crippen LogP contribution in [0.3, 0.4) is 0 Å². The van der Waals surface area contributed by atoms with Crippen LogP contribution < -0.4 is 10.6 Å². The summed E-state index contributed by atoms with van der Waals surface area (Å²) < 4.78 is 5.45. The quantitative estimate of drug-likeness (QED) is 0.706. The number of carbonyl (C=O) groups excluding carboxylic acids is 2. The number of pyridine rings is 1. The third-order valence-corrected chi connectivity index (χ3v) is 4.90. The lowest BCUT2D eigenvalue weighted by atomic mass is 9.94. The molecule has 2 amide bonds. The van der Waals surface area contributed by atoms with Crippen LogP contribution in [-0.2, 0) is 9.53 Å². The highest BCUT2D eigenvalue weighted by Crippen LogP contribution is 2.31. The highest BCUT2D eigenvalue weighted by atomic mass is 16.6. The Kier molecular flexibility index (Phi) is 6.20. The lowest BCUT2D eigenvalue weighted by molar-refractivity contribution is -0.119. The van der Waals surface area contributed by atoms with E-state index in [1.165, 1.54) is 0 Å². The largest absolute Gasteiger partial charge is 0.444 e. The Labute approximate surface area is 172 Å². The van der Waals surface area contributed by atoms with Gasteiger partial charge < -0.3 is 15.4 Å². The van der Waals surface area contributed by atoms with Crippen molar-refractivity contribution in [2.24, 2.45) is 5.92 Å². The highest BCUT2D eigenvalue weighted by molar-refractivity contribution is 5.95. The van der Waals surface area contributed by atoms with Crippen molar-refractivity contribution in [1.82, 2.24) is 10.3 Å². The van der Waals surface area contributed by atoms with Crippen LogP contribution in [0.4, 0.5) is 10.5 Å². The molecule has 154 valence electrons. The number of hydrogen-bond acceptors (Lipinski definition) is 4. The van der Waals surface area contributed by atoms with Gasteiger partial charge in [0.25, 0.3) is 0 Å². The molecule has 6 nitrogen and oxygen atoms in total.